The van der Waals surface area contributed by atoms with E-state index in [4.69, 9.17) is 9.84 Å². The largest absolute Gasteiger partial charge is 0.478 e. The summed E-state index contributed by atoms with van der Waals surface area (Å²) in [7, 11) is 0. The summed E-state index contributed by atoms with van der Waals surface area (Å²) in [5, 5.41) is 9.17. The lowest BCUT2D eigenvalue weighted by atomic mass is 10.0. The first-order valence-electron chi connectivity index (χ1n) is 6.51. The quantitative estimate of drug-likeness (QED) is 0.910. The Labute approximate surface area is 111 Å². The SMILES string of the molecule is CCOC1CCCN(c2ccc(F)cc2C(=O)O)C1. The molecule has 0 bridgehead atoms. The molecule has 1 aromatic rings. The van der Waals surface area contributed by atoms with Crippen LogP contribution in [0.3, 0.4) is 0 Å². The van der Waals surface area contributed by atoms with Gasteiger partial charge in [0.25, 0.3) is 0 Å². The minimum atomic E-state index is -1.10. The molecule has 1 atom stereocenters. The van der Waals surface area contributed by atoms with Crippen molar-refractivity contribution < 1.29 is 19.0 Å². The number of benzene rings is 1. The monoisotopic (exact) mass is 267 g/mol. The van der Waals surface area contributed by atoms with E-state index in [-0.39, 0.29) is 11.7 Å². The van der Waals surface area contributed by atoms with Crippen LogP contribution >= 0.6 is 0 Å². The number of carboxylic acids is 1. The van der Waals surface area contributed by atoms with Crippen LogP contribution in [-0.2, 0) is 4.74 Å². The maximum absolute atomic E-state index is 13.2. The van der Waals surface area contributed by atoms with Crippen molar-refractivity contribution in [1.82, 2.24) is 0 Å². The molecule has 104 valence electrons. The van der Waals surface area contributed by atoms with Crippen molar-refractivity contribution >= 4 is 11.7 Å². The molecule has 1 unspecified atom stereocenters. The summed E-state index contributed by atoms with van der Waals surface area (Å²) in [4.78, 5) is 13.2. The summed E-state index contributed by atoms with van der Waals surface area (Å²) < 4.78 is 18.8. The van der Waals surface area contributed by atoms with Crippen LogP contribution in [0, 0.1) is 5.82 Å². The molecule has 5 heteroatoms. The van der Waals surface area contributed by atoms with Crippen LogP contribution in [0.25, 0.3) is 0 Å². The van der Waals surface area contributed by atoms with Crippen molar-refractivity contribution in [3.63, 3.8) is 0 Å². The summed E-state index contributed by atoms with van der Waals surface area (Å²) in [5.41, 5.74) is 0.579. The average Bonchev–Trinajstić information content (AvgIpc) is 2.39. The number of carboxylic acid groups (broad SMARTS) is 1. The van der Waals surface area contributed by atoms with Crippen molar-refractivity contribution in [2.45, 2.75) is 25.9 Å². The molecule has 1 fully saturated rings. The van der Waals surface area contributed by atoms with Crippen LogP contribution in [0.2, 0.25) is 0 Å². The Morgan fingerprint density at radius 2 is 2.37 bits per heavy atom. The van der Waals surface area contributed by atoms with Gasteiger partial charge in [-0.1, -0.05) is 0 Å². The van der Waals surface area contributed by atoms with Crippen molar-refractivity contribution in [3.8, 4) is 0 Å². The van der Waals surface area contributed by atoms with E-state index >= 15 is 0 Å². The van der Waals surface area contributed by atoms with Crippen LogP contribution in [-0.4, -0.2) is 36.9 Å². The Morgan fingerprint density at radius 3 is 3.05 bits per heavy atom. The molecule has 4 nitrogen and oxygen atoms in total. The zero-order valence-corrected chi connectivity index (χ0v) is 10.9. The van der Waals surface area contributed by atoms with Gasteiger partial charge in [0.05, 0.1) is 17.4 Å². The number of ether oxygens (including phenoxy) is 1. The number of rotatable bonds is 4. The number of aromatic carboxylic acids is 1. The Balaban J connectivity index is 2.23. The lowest BCUT2D eigenvalue weighted by molar-refractivity contribution is 0.0524. The van der Waals surface area contributed by atoms with E-state index in [1.807, 2.05) is 11.8 Å². The summed E-state index contributed by atoms with van der Waals surface area (Å²) >= 11 is 0. The highest BCUT2D eigenvalue weighted by atomic mass is 19.1. The van der Waals surface area contributed by atoms with Gasteiger partial charge >= 0.3 is 5.97 Å². The molecular formula is C14H18FNO3. The van der Waals surface area contributed by atoms with Crippen molar-refractivity contribution in [1.29, 1.82) is 0 Å². The zero-order chi connectivity index (χ0) is 13.8. The van der Waals surface area contributed by atoms with Gasteiger partial charge in [-0.25, -0.2) is 9.18 Å². The first kappa shape index (κ1) is 13.8. The molecule has 0 spiro atoms. The highest BCUT2D eigenvalue weighted by molar-refractivity contribution is 5.94. The molecule has 2 rings (SSSR count). The highest BCUT2D eigenvalue weighted by Crippen LogP contribution is 2.26. The van der Waals surface area contributed by atoms with Crippen LogP contribution in [0.4, 0.5) is 10.1 Å². The van der Waals surface area contributed by atoms with Crippen LogP contribution < -0.4 is 4.90 Å². The van der Waals surface area contributed by atoms with Gasteiger partial charge in [0.1, 0.15) is 5.82 Å². The molecule has 1 heterocycles. The van der Waals surface area contributed by atoms with Gasteiger partial charge in [0.15, 0.2) is 0 Å². The smallest absolute Gasteiger partial charge is 0.337 e. The number of nitrogens with zero attached hydrogens (tertiary/aromatic N) is 1. The van der Waals surface area contributed by atoms with E-state index in [0.717, 1.165) is 25.5 Å². The first-order valence-corrected chi connectivity index (χ1v) is 6.51. The van der Waals surface area contributed by atoms with E-state index in [9.17, 15) is 9.18 Å². The van der Waals surface area contributed by atoms with Gasteiger partial charge in [-0.05, 0) is 38.0 Å². The molecular weight excluding hydrogens is 249 g/mol. The van der Waals surface area contributed by atoms with Crippen LogP contribution in [0.5, 0.6) is 0 Å². The molecule has 0 amide bonds. The Morgan fingerprint density at radius 1 is 1.58 bits per heavy atom. The second-order valence-electron chi connectivity index (χ2n) is 4.63. The number of anilines is 1. The standard InChI is InChI=1S/C14H18FNO3/c1-2-19-11-4-3-7-16(9-11)13-6-5-10(15)8-12(13)14(17)18/h5-6,8,11H,2-4,7,9H2,1H3,(H,17,18). The fraction of sp³-hybridized carbons (Fsp3) is 0.500. The predicted octanol–water partition coefficient (Wildman–Crippen LogP) is 2.53. The molecule has 0 aliphatic carbocycles. The first-order chi connectivity index (χ1) is 9.11. The average molecular weight is 267 g/mol. The minimum absolute atomic E-state index is 0.0112. The van der Waals surface area contributed by atoms with Crippen molar-refractivity contribution in [2.75, 3.05) is 24.6 Å². The Bertz CT molecular complexity index is 462. The summed E-state index contributed by atoms with van der Waals surface area (Å²) in [6.07, 6.45) is 2.04. The molecule has 1 aliphatic heterocycles. The lowest BCUT2D eigenvalue weighted by Gasteiger charge is -2.34. The maximum atomic E-state index is 13.2. The Kier molecular flexibility index (Phi) is 4.37. The van der Waals surface area contributed by atoms with E-state index in [2.05, 4.69) is 0 Å². The molecule has 1 aliphatic rings. The molecule has 1 N–H and O–H groups in total. The fourth-order valence-electron chi connectivity index (χ4n) is 2.48. The molecule has 1 saturated heterocycles. The third kappa shape index (κ3) is 3.23. The second-order valence-corrected chi connectivity index (χ2v) is 4.63. The topological polar surface area (TPSA) is 49.8 Å². The Hall–Kier alpha value is -1.62. The van der Waals surface area contributed by atoms with Gasteiger partial charge in [0.2, 0.25) is 0 Å². The summed E-state index contributed by atoms with van der Waals surface area (Å²) in [6, 6.07) is 3.90. The van der Waals surface area contributed by atoms with Crippen molar-refractivity contribution in [3.05, 3.63) is 29.6 Å². The van der Waals surface area contributed by atoms with Gasteiger partial charge in [0, 0.05) is 19.7 Å². The predicted molar refractivity (Wildman–Crippen MR) is 70.2 cm³/mol. The van der Waals surface area contributed by atoms with Gasteiger partial charge < -0.3 is 14.7 Å². The third-order valence-electron chi connectivity index (χ3n) is 3.31. The lowest BCUT2D eigenvalue weighted by Crippen LogP contribution is -2.40. The molecule has 19 heavy (non-hydrogen) atoms. The highest BCUT2D eigenvalue weighted by Gasteiger charge is 2.24. The van der Waals surface area contributed by atoms with E-state index in [1.54, 1.807) is 0 Å². The molecule has 0 radical (unpaired) electrons. The number of piperidine rings is 1. The summed E-state index contributed by atoms with van der Waals surface area (Å²) in [6.45, 7) is 4.02. The van der Waals surface area contributed by atoms with E-state index in [0.29, 0.717) is 18.8 Å². The van der Waals surface area contributed by atoms with Gasteiger partial charge in [-0.15, -0.1) is 0 Å². The van der Waals surface area contributed by atoms with E-state index < -0.39 is 11.8 Å². The third-order valence-corrected chi connectivity index (χ3v) is 3.31. The number of hydrogen-bond donors (Lipinski definition) is 1. The van der Waals surface area contributed by atoms with Gasteiger partial charge in [-0.3, -0.25) is 0 Å². The minimum Gasteiger partial charge on any atom is -0.478 e. The fourth-order valence-corrected chi connectivity index (χ4v) is 2.48. The van der Waals surface area contributed by atoms with Crippen LogP contribution in [0.15, 0.2) is 18.2 Å². The number of halogens is 1. The molecule has 1 aromatic carbocycles. The second kappa shape index (κ2) is 6.02. The normalized spacial score (nSPS) is 19.5. The van der Waals surface area contributed by atoms with Gasteiger partial charge in [-0.2, -0.15) is 0 Å². The summed E-state index contributed by atoms with van der Waals surface area (Å²) in [5.74, 6) is -1.63. The number of hydrogen-bond acceptors (Lipinski definition) is 3. The van der Waals surface area contributed by atoms with Crippen LogP contribution in [0.1, 0.15) is 30.1 Å². The molecule has 0 aromatic heterocycles. The molecule has 0 saturated carbocycles. The zero-order valence-electron chi connectivity index (χ0n) is 10.9. The van der Waals surface area contributed by atoms with E-state index in [1.165, 1.54) is 12.1 Å². The van der Waals surface area contributed by atoms with Crippen molar-refractivity contribution in [2.24, 2.45) is 0 Å². The maximum Gasteiger partial charge on any atom is 0.337 e. The number of carbonyl (C=O) groups is 1.